The minimum absolute atomic E-state index is 0.0747. The minimum atomic E-state index is -0.692. The summed E-state index contributed by atoms with van der Waals surface area (Å²) in [7, 11) is 0. The molecular weight excluding hydrogens is 211 g/mol. The molecule has 1 heterocycles. The van der Waals surface area contributed by atoms with Crippen molar-refractivity contribution >= 4 is 11.6 Å². The van der Waals surface area contributed by atoms with Gasteiger partial charge in [0.25, 0.3) is 5.91 Å². The smallest absolute Gasteiger partial charge is 0.254 e. The molecule has 4 nitrogen and oxygen atoms in total. The summed E-state index contributed by atoms with van der Waals surface area (Å²) in [6.45, 7) is 0.0768. The van der Waals surface area contributed by atoms with Crippen LogP contribution in [-0.4, -0.2) is 25.2 Å². The number of amides is 1. The van der Waals surface area contributed by atoms with Crippen LogP contribution >= 0.6 is 0 Å². The first-order chi connectivity index (χ1) is 7.72. The van der Waals surface area contributed by atoms with Crippen LogP contribution in [0.5, 0.6) is 0 Å². The van der Waals surface area contributed by atoms with Crippen LogP contribution in [0.3, 0.4) is 0 Å². The van der Waals surface area contributed by atoms with E-state index in [-0.39, 0.29) is 19.1 Å². The van der Waals surface area contributed by atoms with E-state index in [2.05, 4.69) is 0 Å². The molecular formula is C11H9FN2O2. The van der Waals surface area contributed by atoms with E-state index in [9.17, 15) is 9.18 Å². The van der Waals surface area contributed by atoms with Crippen LogP contribution in [0.1, 0.15) is 0 Å². The van der Waals surface area contributed by atoms with Crippen molar-refractivity contribution in [3.05, 3.63) is 30.1 Å². The van der Waals surface area contributed by atoms with Crippen molar-refractivity contribution in [1.82, 2.24) is 0 Å². The average Bonchev–Trinajstić information content (AvgIpc) is 2.28. The molecule has 1 saturated heterocycles. The molecule has 5 heteroatoms. The van der Waals surface area contributed by atoms with Crippen LogP contribution in [0.25, 0.3) is 0 Å². The fourth-order valence-electron chi connectivity index (χ4n) is 1.62. The third kappa shape index (κ3) is 1.88. The van der Waals surface area contributed by atoms with Crippen LogP contribution in [0, 0.1) is 17.1 Å². The van der Waals surface area contributed by atoms with E-state index in [1.807, 2.05) is 6.07 Å². The topological polar surface area (TPSA) is 53.3 Å². The maximum Gasteiger partial charge on any atom is 0.254 e. The second-order valence-electron chi connectivity index (χ2n) is 3.40. The molecule has 1 unspecified atom stereocenters. The standard InChI is InChI=1S/C11H9FN2O2/c12-8-2-1-3-9(4-8)14-10(5-13)6-16-7-11(14)15/h1-4,10H,6-7H2. The van der Waals surface area contributed by atoms with Crippen LogP contribution in [0.2, 0.25) is 0 Å². The monoisotopic (exact) mass is 220 g/mol. The van der Waals surface area contributed by atoms with Gasteiger partial charge in [0.05, 0.1) is 12.7 Å². The van der Waals surface area contributed by atoms with E-state index in [1.54, 1.807) is 6.07 Å². The van der Waals surface area contributed by atoms with E-state index in [0.717, 1.165) is 0 Å². The number of anilines is 1. The highest BCUT2D eigenvalue weighted by atomic mass is 19.1. The third-order valence-corrected chi connectivity index (χ3v) is 2.32. The van der Waals surface area contributed by atoms with Gasteiger partial charge in [-0.05, 0) is 18.2 Å². The molecule has 1 aliphatic rings. The molecule has 1 amide bonds. The Morgan fingerprint density at radius 3 is 3.06 bits per heavy atom. The molecule has 0 aromatic heterocycles. The molecule has 16 heavy (non-hydrogen) atoms. The number of hydrogen-bond donors (Lipinski definition) is 0. The summed E-state index contributed by atoms with van der Waals surface area (Å²) in [5, 5.41) is 8.89. The number of ether oxygens (including phenoxy) is 1. The van der Waals surface area contributed by atoms with Gasteiger partial charge in [0, 0.05) is 5.69 Å². The molecule has 2 rings (SSSR count). The number of nitriles is 1. The summed E-state index contributed by atoms with van der Waals surface area (Å²) < 4.78 is 18.0. The summed E-state index contributed by atoms with van der Waals surface area (Å²) in [5.74, 6) is -0.767. The Kier molecular flexibility index (Phi) is 2.84. The fraction of sp³-hybridized carbons (Fsp3) is 0.273. The molecule has 0 radical (unpaired) electrons. The molecule has 0 N–H and O–H groups in total. The van der Waals surface area contributed by atoms with Gasteiger partial charge < -0.3 is 4.74 Å². The predicted octanol–water partition coefficient (Wildman–Crippen LogP) is 1.08. The molecule has 1 aliphatic heterocycles. The average molecular weight is 220 g/mol. The number of carbonyl (C=O) groups is 1. The Morgan fingerprint density at radius 1 is 1.56 bits per heavy atom. The lowest BCUT2D eigenvalue weighted by atomic mass is 10.2. The maximum absolute atomic E-state index is 13.0. The van der Waals surface area contributed by atoms with Gasteiger partial charge in [-0.3, -0.25) is 9.69 Å². The first-order valence-electron chi connectivity index (χ1n) is 4.77. The number of halogens is 1. The zero-order valence-electron chi connectivity index (χ0n) is 8.39. The molecule has 1 aromatic rings. The molecule has 0 aliphatic carbocycles. The van der Waals surface area contributed by atoms with E-state index in [1.165, 1.54) is 23.1 Å². The van der Waals surface area contributed by atoms with Gasteiger partial charge in [-0.25, -0.2) is 4.39 Å². The largest absolute Gasteiger partial charge is 0.368 e. The van der Waals surface area contributed by atoms with Crippen LogP contribution in [0.15, 0.2) is 24.3 Å². The van der Waals surface area contributed by atoms with Crippen LogP contribution in [-0.2, 0) is 9.53 Å². The highest BCUT2D eigenvalue weighted by Crippen LogP contribution is 2.20. The molecule has 1 atom stereocenters. The van der Waals surface area contributed by atoms with Gasteiger partial charge >= 0.3 is 0 Å². The Bertz CT molecular complexity index is 456. The maximum atomic E-state index is 13.0. The van der Waals surface area contributed by atoms with E-state index >= 15 is 0 Å². The fourth-order valence-corrected chi connectivity index (χ4v) is 1.62. The summed E-state index contributed by atoms with van der Waals surface area (Å²) in [6, 6.07) is 6.88. The first-order valence-corrected chi connectivity index (χ1v) is 4.77. The van der Waals surface area contributed by atoms with Crippen molar-refractivity contribution in [2.75, 3.05) is 18.1 Å². The van der Waals surface area contributed by atoms with E-state index in [4.69, 9.17) is 10.00 Å². The predicted molar refractivity (Wildman–Crippen MR) is 54.1 cm³/mol. The van der Waals surface area contributed by atoms with Crippen molar-refractivity contribution in [2.45, 2.75) is 6.04 Å². The molecule has 0 saturated carbocycles. The number of benzene rings is 1. The Balaban J connectivity index is 2.36. The summed E-state index contributed by atoms with van der Waals surface area (Å²) in [5.41, 5.74) is 0.389. The highest BCUT2D eigenvalue weighted by molar-refractivity contribution is 5.96. The summed E-state index contributed by atoms with van der Waals surface area (Å²) in [4.78, 5) is 12.9. The van der Waals surface area contributed by atoms with Gasteiger partial charge in [-0.15, -0.1) is 0 Å². The van der Waals surface area contributed by atoms with Crippen LogP contribution < -0.4 is 4.90 Å². The highest BCUT2D eigenvalue weighted by Gasteiger charge is 2.30. The zero-order chi connectivity index (χ0) is 11.5. The Hall–Kier alpha value is -1.93. The SMILES string of the molecule is N#CC1COCC(=O)N1c1cccc(F)c1. The lowest BCUT2D eigenvalue weighted by Gasteiger charge is -2.31. The van der Waals surface area contributed by atoms with Gasteiger partial charge in [0.2, 0.25) is 0 Å². The Morgan fingerprint density at radius 2 is 2.38 bits per heavy atom. The number of carbonyl (C=O) groups excluding carboxylic acids is 1. The van der Waals surface area contributed by atoms with Crippen molar-refractivity contribution in [3.63, 3.8) is 0 Å². The Labute approximate surface area is 91.8 Å². The van der Waals surface area contributed by atoms with Gasteiger partial charge in [0.1, 0.15) is 18.5 Å². The van der Waals surface area contributed by atoms with E-state index in [0.29, 0.717) is 5.69 Å². The van der Waals surface area contributed by atoms with Crippen molar-refractivity contribution in [3.8, 4) is 6.07 Å². The molecule has 1 aromatic carbocycles. The molecule has 0 bridgehead atoms. The van der Waals surface area contributed by atoms with Crippen molar-refractivity contribution < 1.29 is 13.9 Å². The second-order valence-corrected chi connectivity index (χ2v) is 3.40. The van der Waals surface area contributed by atoms with Gasteiger partial charge in [-0.2, -0.15) is 5.26 Å². The van der Waals surface area contributed by atoms with Gasteiger partial charge in [-0.1, -0.05) is 6.07 Å². The minimum Gasteiger partial charge on any atom is -0.368 e. The van der Waals surface area contributed by atoms with Crippen molar-refractivity contribution in [1.29, 1.82) is 5.26 Å². The zero-order valence-corrected chi connectivity index (χ0v) is 8.39. The summed E-state index contributed by atoms with van der Waals surface area (Å²) in [6.07, 6.45) is 0. The number of morpholine rings is 1. The molecule has 82 valence electrons. The number of nitrogens with zero attached hydrogens (tertiary/aromatic N) is 2. The van der Waals surface area contributed by atoms with Crippen LogP contribution in [0.4, 0.5) is 10.1 Å². The molecule has 1 fully saturated rings. The van der Waals surface area contributed by atoms with Crippen molar-refractivity contribution in [2.24, 2.45) is 0 Å². The lowest BCUT2D eigenvalue weighted by molar-refractivity contribution is -0.126. The number of rotatable bonds is 1. The molecule has 0 spiro atoms. The third-order valence-electron chi connectivity index (χ3n) is 2.32. The first kappa shape index (κ1) is 10.6. The quantitative estimate of drug-likeness (QED) is 0.711. The van der Waals surface area contributed by atoms with E-state index < -0.39 is 11.9 Å². The van der Waals surface area contributed by atoms with Gasteiger partial charge in [0.15, 0.2) is 0 Å². The second kappa shape index (κ2) is 4.29. The normalized spacial score (nSPS) is 20.6. The summed E-state index contributed by atoms with van der Waals surface area (Å²) >= 11 is 0. The number of hydrogen-bond acceptors (Lipinski definition) is 3. The lowest BCUT2D eigenvalue weighted by Crippen LogP contribution is -2.49.